The summed E-state index contributed by atoms with van der Waals surface area (Å²) in [4.78, 5) is 14.9. The molecule has 2 heterocycles. The maximum absolute atomic E-state index is 12.4. The first-order valence-electron chi connectivity index (χ1n) is 8.09. The van der Waals surface area contributed by atoms with Crippen molar-refractivity contribution in [2.75, 3.05) is 19.6 Å². The van der Waals surface area contributed by atoms with Gasteiger partial charge in [-0.25, -0.2) is 0 Å². The fraction of sp³-hybridized carbons (Fsp3) is 0.588. The fourth-order valence-corrected chi connectivity index (χ4v) is 3.34. The van der Waals surface area contributed by atoms with E-state index >= 15 is 0 Å². The average molecular weight is 360 g/mol. The summed E-state index contributed by atoms with van der Waals surface area (Å²) in [6, 6.07) is 8.65. The Balaban J connectivity index is 0.00000132. The molecule has 0 radical (unpaired) electrons. The van der Waals surface area contributed by atoms with Crippen molar-refractivity contribution in [2.24, 2.45) is 0 Å². The Morgan fingerprint density at radius 1 is 1.22 bits per heavy atom. The molecule has 3 rings (SSSR count). The standard InChI is InChI=1S/C17H25N3O.2ClH/c1-2-20-9-7-15(8-10-20)19-17(21)16-11-13-5-3-4-6-14(13)12-18-16;;/h3-6,15-16,18H,2,7-12H2,1H3,(H,19,21);2*1H. The molecule has 6 heteroatoms. The maximum atomic E-state index is 12.4. The summed E-state index contributed by atoms with van der Waals surface area (Å²) in [5.74, 6) is 0.166. The molecule has 1 unspecified atom stereocenters. The van der Waals surface area contributed by atoms with E-state index in [4.69, 9.17) is 0 Å². The lowest BCUT2D eigenvalue weighted by molar-refractivity contribution is -0.124. The fourth-order valence-electron chi connectivity index (χ4n) is 3.34. The van der Waals surface area contributed by atoms with Gasteiger partial charge in [0.05, 0.1) is 6.04 Å². The number of amides is 1. The number of nitrogens with one attached hydrogen (secondary N) is 2. The molecule has 23 heavy (non-hydrogen) atoms. The van der Waals surface area contributed by atoms with Gasteiger partial charge in [0.2, 0.25) is 5.91 Å². The Morgan fingerprint density at radius 3 is 2.52 bits per heavy atom. The summed E-state index contributed by atoms with van der Waals surface area (Å²) in [6.07, 6.45) is 2.95. The highest BCUT2D eigenvalue weighted by molar-refractivity contribution is 5.85. The van der Waals surface area contributed by atoms with E-state index in [1.165, 1.54) is 11.1 Å². The minimum Gasteiger partial charge on any atom is -0.352 e. The molecule has 0 bridgehead atoms. The Labute approximate surface area is 151 Å². The summed E-state index contributed by atoms with van der Waals surface area (Å²) in [7, 11) is 0. The molecule has 2 aliphatic rings. The number of carbonyl (C=O) groups excluding carboxylic acids is 1. The second-order valence-electron chi connectivity index (χ2n) is 6.12. The highest BCUT2D eigenvalue weighted by Crippen LogP contribution is 2.17. The molecule has 2 N–H and O–H groups in total. The van der Waals surface area contributed by atoms with E-state index < -0.39 is 0 Å². The number of rotatable bonds is 3. The van der Waals surface area contributed by atoms with E-state index in [1.807, 2.05) is 0 Å². The van der Waals surface area contributed by atoms with E-state index in [0.29, 0.717) is 6.04 Å². The van der Waals surface area contributed by atoms with Crippen LogP contribution in [0.5, 0.6) is 0 Å². The van der Waals surface area contributed by atoms with Crippen LogP contribution in [0.3, 0.4) is 0 Å². The third-order valence-electron chi connectivity index (χ3n) is 4.78. The smallest absolute Gasteiger partial charge is 0.237 e. The van der Waals surface area contributed by atoms with Gasteiger partial charge in [0.15, 0.2) is 0 Å². The van der Waals surface area contributed by atoms with E-state index in [1.54, 1.807) is 0 Å². The SMILES string of the molecule is CCN1CCC(NC(=O)C2Cc3ccccc3CN2)CC1.Cl.Cl. The number of fused-ring (bicyclic) bond motifs is 1. The largest absolute Gasteiger partial charge is 0.352 e. The molecule has 130 valence electrons. The summed E-state index contributed by atoms with van der Waals surface area (Å²) in [6.45, 7) is 6.30. The predicted molar refractivity (Wildman–Crippen MR) is 98.5 cm³/mol. The second-order valence-corrected chi connectivity index (χ2v) is 6.12. The third-order valence-corrected chi connectivity index (χ3v) is 4.78. The van der Waals surface area contributed by atoms with Crippen LogP contribution >= 0.6 is 24.8 Å². The van der Waals surface area contributed by atoms with Crippen molar-refractivity contribution in [1.29, 1.82) is 0 Å². The van der Waals surface area contributed by atoms with Crippen LogP contribution in [0, 0.1) is 0 Å². The lowest BCUT2D eigenvalue weighted by Gasteiger charge is -2.33. The average Bonchev–Trinajstić information content (AvgIpc) is 2.55. The molecule has 1 atom stereocenters. The van der Waals surface area contributed by atoms with Crippen molar-refractivity contribution < 1.29 is 4.79 Å². The van der Waals surface area contributed by atoms with Crippen LogP contribution in [0.4, 0.5) is 0 Å². The Kier molecular flexibility index (Phi) is 8.34. The first kappa shape index (κ1) is 20.2. The van der Waals surface area contributed by atoms with Crippen LogP contribution < -0.4 is 10.6 Å². The molecular weight excluding hydrogens is 333 g/mol. The number of hydrogen-bond acceptors (Lipinski definition) is 3. The van der Waals surface area contributed by atoms with E-state index in [-0.39, 0.29) is 36.8 Å². The van der Waals surface area contributed by atoms with Crippen molar-refractivity contribution in [2.45, 2.75) is 44.8 Å². The van der Waals surface area contributed by atoms with Gasteiger partial charge >= 0.3 is 0 Å². The van der Waals surface area contributed by atoms with Crippen LogP contribution in [0.25, 0.3) is 0 Å². The van der Waals surface area contributed by atoms with Gasteiger partial charge in [-0.05, 0) is 36.9 Å². The lowest BCUT2D eigenvalue weighted by atomic mass is 9.95. The normalized spacial score (nSPS) is 21.5. The van der Waals surface area contributed by atoms with Gasteiger partial charge in [-0.2, -0.15) is 0 Å². The number of likely N-dealkylation sites (tertiary alicyclic amines) is 1. The minimum absolute atomic E-state index is 0. The molecule has 4 nitrogen and oxygen atoms in total. The predicted octanol–water partition coefficient (Wildman–Crippen LogP) is 2.15. The monoisotopic (exact) mass is 359 g/mol. The van der Waals surface area contributed by atoms with Crippen molar-refractivity contribution in [3.05, 3.63) is 35.4 Å². The van der Waals surface area contributed by atoms with E-state index in [2.05, 4.69) is 46.7 Å². The maximum Gasteiger partial charge on any atom is 0.237 e. The highest BCUT2D eigenvalue weighted by atomic mass is 35.5. The van der Waals surface area contributed by atoms with E-state index in [0.717, 1.165) is 45.4 Å². The Hall–Kier alpha value is -0.810. The van der Waals surface area contributed by atoms with Gasteiger partial charge < -0.3 is 15.5 Å². The van der Waals surface area contributed by atoms with Crippen molar-refractivity contribution >= 4 is 30.7 Å². The zero-order valence-corrected chi connectivity index (χ0v) is 15.2. The number of carbonyl (C=O) groups is 1. The number of hydrogen-bond donors (Lipinski definition) is 2. The van der Waals surface area contributed by atoms with Crippen LogP contribution in [0.2, 0.25) is 0 Å². The van der Waals surface area contributed by atoms with E-state index in [9.17, 15) is 4.79 Å². The second kappa shape index (κ2) is 9.48. The number of nitrogens with zero attached hydrogens (tertiary/aromatic N) is 1. The quantitative estimate of drug-likeness (QED) is 0.868. The zero-order chi connectivity index (χ0) is 14.7. The van der Waals surface area contributed by atoms with Gasteiger partial charge in [0, 0.05) is 25.7 Å². The van der Waals surface area contributed by atoms with Crippen molar-refractivity contribution in [3.63, 3.8) is 0 Å². The molecule has 1 saturated heterocycles. The van der Waals surface area contributed by atoms with Crippen LogP contribution in [-0.4, -0.2) is 42.5 Å². The minimum atomic E-state index is -0.0795. The highest BCUT2D eigenvalue weighted by Gasteiger charge is 2.26. The molecule has 0 aromatic heterocycles. The molecule has 1 aromatic rings. The molecule has 1 fully saturated rings. The van der Waals surface area contributed by atoms with Gasteiger partial charge in [-0.3, -0.25) is 4.79 Å². The van der Waals surface area contributed by atoms with Gasteiger partial charge in [-0.15, -0.1) is 24.8 Å². The molecule has 1 amide bonds. The van der Waals surface area contributed by atoms with Crippen LogP contribution in [0.1, 0.15) is 30.9 Å². The summed E-state index contributed by atoms with van der Waals surface area (Å²) in [5, 5.41) is 6.60. The molecule has 0 spiro atoms. The van der Waals surface area contributed by atoms with Crippen LogP contribution in [0.15, 0.2) is 24.3 Å². The van der Waals surface area contributed by atoms with Gasteiger partial charge in [0.25, 0.3) is 0 Å². The lowest BCUT2D eigenvalue weighted by Crippen LogP contribution is -2.52. The topological polar surface area (TPSA) is 44.4 Å². The van der Waals surface area contributed by atoms with Gasteiger partial charge in [0.1, 0.15) is 0 Å². The third kappa shape index (κ3) is 5.08. The molecule has 1 aromatic carbocycles. The van der Waals surface area contributed by atoms with Crippen molar-refractivity contribution in [3.8, 4) is 0 Å². The van der Waals surface area contributed by atoms with Gasteiger partial charge in [-0.1, -0.05) is 31.2 Å². The summed E-state index contributed by atoms with van der Waals surface area (Å²) in [5.41, 5.74) is 2.62. The number of halogens is 2. The number of benzene rings is 1. The first-order chi connectivity index (χ1) is 10.3. The molecule has 2 aliphatic heterocycles. The molecule has 0 saturated carbocycles. The zero-order valence-electron chi connectivity index (χ0n) is 13.6. The van der Waals surface area contributed by atoms with Crippen LogP contribution in [-0.2, 0) is 17.8 Å². The summed E-state index contributed by atoms with van der Waals surface area (Å²) < 4.78 is 0. The first-order valence-corrected chi connectivity index (χ1v) is 8.09. The Bertz CT molecular complexity index is 504. The molecular formula is C17H27Cl2N3O. The Morgan fingerprint density at radius 2 is 1.87 bits per heavy atom. The number of piperidine rings is 1. The van der Waals surface area contributed by atoms with Crippen molar-refractivity contribution in [1.82, 2.24) is 15.5 Å². The molecule has 0 aliphatic carbocycles. The summed E-state index contributed by atoms with van der Waals surface area (Å²) >= 11 is 0.